The third-order valence-electron chi connectivity index (χ3n) is 2.43. The Bertz CT molecular complexity index is 75.3. The molecule has 0 spiro atoms. The van der Waals surface area contributed by atoms with Crippen molar-refractivity contribution in [1.82, 2.24) is 0 Å². The van der Waals surface area contributed by atoms with Gasteiger partial charge in [-0.1, -0.05) is 26.2 Å². The maximum Gasteiger partial charge on any atom is 0.00645 e. The molecule has 1 nitrogen and oxygen atoms in total. The predicted molar refractivity (Wildman–Crippen MR) is 47.5 cm³/mol. The normalized spacial score (nSPS) is 34.2. The van der Waals surface area contributed by atoms with Gasteiger partial charge in [0.25, 0.3) is 0 Å². The van der Waals surface area contributed by atoms with Gasteiger partial charge < -0.3 is 5.73 Å². The minimum Gasteiger partial charge on any atom is -0.327 e. The first-order valence-corrected chi connectivity index (χ1v) is 4.06. The molecule has 10 heavy (non-hydrogen) atoms. The van der Waals surface area contributed by atoms with E-state index in [4.69, 9.17) is 5.73 Å². The monoisotopic (exact) mass is 163 g/mol. The molecular formula is C8H18ClN. The molecule has 0 bridgehead atoms. The third-order valence-corrected chi connectivity index (χ3v) is 2.43. The first-order valence-electron chi connectivity index (χ1n) is 4.06. The van der Waals surface area contributed by atoms with E-state index in [2.05, 4.69) is 6.92 Å². The summed E-state index contributed by atoms with van der Waals surface area (Å²) in [4.78, 5) is 0. The van der Waals surface area contributed by atoms with Crippen LogP contribution in [0, 0.1) is 5.92 Å². The summed E-state index contributed by atoms with van der Waals surface area (Å²) in [6.45, 7) is 2.27. The average molecular weight is 164 g/mol. The van der Waals surface area contributed by atoms with Gasteiger partial charge in [-0.3, -0.25) is 0 Å². The summed E-state index contributed by atoms with van der Waals surface area (Å²) in [5, 5.41) is 0. The highest BCUT2D eigenvalue weighted by atomic mass is 35.5. The van der Waals surface area contributed by atoms with Gasteiger partial charge in [0.15, 0.2) is 0 Å². The fraction of sp³-hybridized carbons (Fsp3) is 1.00. The van der Waals surface area contributed by atoms with Crippen molar-refractivity contribution in [2.45, 2.75) is 45.1 Å². The van der Waals surface area contributed by atoms with E-state index in [9.17, 15) is 0 Å². The summed E-state index contributed by atoms with van der Waals surface area (Å²) in [6.07, 6.45) is 6.75. The molecule has 1 fully saturated rings. The van der Waals surface area contributed by atoms with Crippen molar-refractivity contribution in [3.8, 4) is 0 Å². The number of hydrogen-bond acceptors (Lipinski definition) is 1. The molecule has 1 saturated carbocycles. The minimum absolute atomic E-state index is 0. The molecule has 2 heteroatoms. The van der Waals surface area contributed by atoms with Gasteiger partial charge >= 0.3 is 0 Å². The van der Waals surface area contributed by atoms with Gasteiger partial charge in [0.2, 0.25) is 0 Å². The maximum absolute atomic E-state index is 5.88. The third kappa shape index (κ3) is 2.89. The molecule has 0 aliphatic heterocycles. The van der Waals surface area contributed by atoms with Crippen LogP contribution < -0.4 is 5.73 Å². The second-order valence-electron chi connectivity index (χ2n) is 3.28. The molecule has 0 aromatic heterocycles. The van der Waals surface area contributed by atoms with Crippen LogP contribution in [0.3, 0.4) is 0 Å². The van der Waals surface area contributed by atoms with E-state index in [-0.39, 0.29) is 12.4 Å². The van der Waals surface area contributed by atoms with Crippen LogP contribution in [0.5, 0.6) is 0 Å². The van der Waals surface area contributed by atoms with Gasteiger partial charge in [-0.15, -0.1) is 12.4 Å². The first kappa shape index (κ1) is 10.2. The van der Waals surface area contributed by atoms with E-state index in [1.807, 2.05) is 0 Å². The van der Waals surface area contributed by atoms with Crippen LogP contribution in [-0.2, 0) is 0 Å². The van der Waals surface area contributed by atoms with E-state index < -0.39 is 0 Å². The Morgan fingerprint density at radius 3 is 2.40 bits per heavy atom. The van der Waals surface area contributed by atoms with E-state index in [1.165, 1.54) is 32.1 Å². The van der Waals surface area contributed by atoms with Crippen molar-refractivity contribution >= 4 is 12.4 Å². The zero-order valence-electron chi connectivity index (χ0n) is 6.68. The van der Waals surface area contributed by atoms with Crippen LogP contribution in [0.1, 0.15) is 39.0 Å². The summed E-state index contributed by atoms with van der Waals surface area (Å²) in [5.74, 6) is 0.771. The lowest BCUT2D eigenvalue weighted by molar-refractivity contribution is 0.432. The largest absolute Gasteiger partial charge is 0.327 e. The molecule has 0 radical (unpaired) electrons. The first-order chi connectivity index (χ1) is 4.30. The van der Waals surface area contributed by atoms with Gasteiger partial charge in [0, 0.05) is 6.04 Å². The Morgan fingerprint density at radius 1 is 1.10 bits per heavy atom. The van der Waals surface area contributed by atoms with Crippen molar-refractivity contribution in [2.24, 2.45) is 11.7 Å². The number of hydrogen-bond donors (Lipinski definition) is 1. The van der Waals surface area contributed by atoms with Crippen molar-refractivity contribution in [2.75, 3.05) is 0 Å². The highest BCUT2D eigenvalue weighted by molar-refractivity contribution is 5.85. The molecule has 0 aromatic carbocycles. The molecule has 0 unspecified atom stereocenters. The molecule has 1 aliphatic rings. The number of halogens is 1. The molecule has 0 aromatic rings. The highest BCUT2D eigenvalue weighted by Crippen LogP contribution is 2.20. The van der Waals surface area contributed by atoms with Gasteiger partial charge in [0.1, 0.15) is 0 Å². The lowest BCUT2D eigenvalue weighted by Crippen LogP contribution is -2.26. The van der Waals surface area contributed by atoms with Crippen LogP contribution in [-0.4, -0.2) is 6.04 Å². The highest BCUT2D eigenvalue weighted by Gasteiger charge is 2.14. The fourth-order valence-electron chi connectivity index (χ4n) is 1.52. The Balaban J connectivity index is 0.000000810. The molecule has 62 valence electrons. The summed E-state index contributed by atoms with van der Waals surface area (Å²) in [7, 11) is 0. The second kappa shape index (κ2) is 4.97. The van der Waals surface area contributed by atoms with E-state index >= 15 is 0 Å². The molecule has 0 saturated heterocycles. The molecule has 0 heterocycles. The quantitative estimate of drug-likeness (QED) is 0.545. The topological polar surface area (TPSA) is 26.0 Å². The zero-order valence-corrected chi connectivity index (χ0v) is 7.49. The van der Waals surface area contributed by atoms with Crippen molar-refractivity contribution in [3.63, 3.8) is 0 Å². The molecule has 1 aliphatic carbocycles. The SMILES string of the molecule is C[C@@H]1CCCCC[C@H]1N.Cl. The average Bonchev–Trinajstić information content (AvgIpc) is 1.99. The van der Waals surface area contributed by atoms with Crippen LogP contribution in [0.2, 0.25) is 0 Å². The molecular weight excluding hydrogens is 146 g/mol. The van der Waals surface area contributed by atoms with E-state index in [0.717, 1.165) is 5.92 Å². The molecule has 0 amide bonds. The summed E-state index contributed by atoms with van der Waals surface area (Å²) < 4.78 is 0. The Morgan fingerprint density at radius 2 is 1.70 bits per heavy atom. The summed E-state index contributed by atoms with van der Waals surface area (Å²) in [5.41, 5.74) is 5.88. The van der Waals surface area contributed by atoms with Crippen LogP contribution in [0.4, 0.5) is 0 Å². The second-order valence-corrected chi connectivity index (χ2v) is 3.28. The van der Waals surface area contributed by atoms with Crippen LogP contribution >= 0.6 is 12.4 Å². The van der Waals surface area contributed by atoms with Gasteiger partial charge in [0.05, 0.1) is 0 Å². The lowest BCUT2D eigenvalue weighted by Gasteiger charge is -2.14. The Kier molecular flexibility index (Phi) is 5.10. The lowest BCUT2D eigenvalue weighted by atomic mass is 9.98. The standard InChI is InChI=1S/C8H17N.ClH/c1-7-5-3-2-4-6-8(7)9;/h7-8H,2-6,9H2,1H3;1H/t7-,8-;/m1./s1. The van der Waals surface area contributed by atoms with Gasteiger partial charge in [-0.05, 0) is 18.8 Å². The van der Waals surface area contributed by atoms with Gasteiger partial charge in [-0.2, -0.15) is 0 Å². The minimum atomic E-state index is 0. The van der Waals surface area contributed by atoms with Gasteiger partial charge in [-0.25, -0.2) is 0 Å². The zero-order chi connectivity index (χ0) is 6.69. The molecule has 1 rings (SSSR count). The molecule has 2 N–H and O–H groups in total. The maximum atomic E-state index is 5.88. The van der Waals surface area contributed by atoms with Crippen LogP contribution in [0.25, 0.3) is 0 Å². The van der Waals surface area contributed by atoms with Crippen LogP contribution in [0.15, 0.2) is 0 Å². The van der Waals surface area contributed by atoms with Crippen molar-refractivity contribution < 1.29 is 0 Å². The van der Waals surface area contributed by atoms with E-state index in [0.29, 0.717) is 6.04 Å². The molecule has 2 atom stereocenters. The summed E-state index contributed by atoms with van der Waals surface area (Å²) >= 11 is 0. The number of rotatable bonds is 0. The fourth-order valence-corrected chi connectivity index (χ4v) is 1.52. The van der Waals surface area contributed by atoms with E-state index in [1.54, 1.807) is 0 Å². The number of nitrogens with two attached hydrogens (primary N) is 1. The Labute approximate surface area is 69.8 Å². The summed E-state index contributed by atoms with van der Waals surface area (Å²) in [6, 6.07) is 0.493. The smallest absolute Gasteiger partial charge is 0.00645 e. The van der Waals surface area contributed by atoms with Crippen molar-refractivity contribution in [1.29, 1.82) is 0 Å². The van der Waals surface area contributed by atoms with Crippen molar-refractivity contribution in [3.05, 3.63) is 0 Å². The Hall–Kier alpha value is 0.250. The predicted octanol–water partition coefficient (Wildman–Crippen LogP) is 2.34.